The van der Waals surface area contributed by atoms with Crippen molar-refractivity contribution in [3.05, 3.63) is 40.4 Å². The fourth-order valence-corrected chi connectivity index (χ4v) is 1.68. The van der Waals surface area contributed by atoms with Crippen LogP contribution in [0.25, 0.3) is 6.08 Å². The van der Waals surface area contributed by atoms with E-state index >= 15 is 0 Å². The highest BCUT2D eigenvalue weighted by Crippen LogP contribution is 2.20. The summed E-state index contributed by atoms with van der Waals surface area (Å²) in [6, 6.07) is 6.06. The molecule has 0 aliphatic carbocycles. The number of hydrogen-bond acceptors (Lipinski definition) is 3. The average molecular weight is 265 g/mol. The van der Waals surface area contributed by atoms with Gasteiger partial charge in [-0.2, -0.15) is 0 Å². The minimum atomic E-state index is -0.735. The predicted molar refractivity (Wildman–Crippen MR) is 65.7 cm³/mol. The number of halogens is 1. The maximum atomic E-state index is 11.8. The molecule has 1 aliphatic heterocycles. The molecule has 0 unspecified atom stereocenters. The van der Waals surface area contributed by atoms with Crippen molar-refractivity contribution in [2.24, 2.45) is 0 Å². The van der Waals surface area contributed by atoms with Gasteiger partial charge in [-0.05, 0) is 17.7 Å². The van der Waals surface area contributed by atoms with Gasteiger partial charge in [-0.25, -0.2) is 4.79 Å². The average Bonchev–Trinajstić information content (AvgIpc) is 2.34. The molecule has 5 nitrogen and oxygen atoms in total. The van der Waals surface area contributed by atoms with Crippen molar-refractivity contribution in [1.29, 1.82) is 0 Å². The van der Waals surface area contributed by atoms with Crippen LogP contribution < -0.4 is 5.32 Å². The number of rotatable bonds is 1. The zero-order valence-corrected chi connectivity index (χ0v) is 10.2. The highest BCUT2D eigenvalue weighted by atomic mass is 35.5. The Morgan fingerprint density at radius 1 is 1.22 bits per heavy atom. The van der Waals surface area contributed by atoms with Gasteiger partial charge >= 0.3 is 6.03 Å². The van der Waals surface area contributed by atoms with Gasteiger partial charge in [0, 0.05) is 12.1 Å². The second kappa shape index (κ2) is 4.62. The molecular weight excluding hydrogens is 256 g/mol. The summed E-state index contributed by atoms with van der Waals surface area (Å²) in [5, 5.41) is 2.49. The molecule has 0 bridgehead atoms. The van der Waals surface area contributed by atoms with Crippen molar-refractivity contribution in [2.45, 2.75) is 0 Å². The Balaban J connectivity index is 2.44. The molecule has 0 atom stereocenters. The van der Waals surface area contributed by atoms with Crippen molar-refractivity contribution in [3.63, 3.8) is 0 Å². The summed E-state index contributed by atoms with van der Waals surface area (Å²) in [6.07, 6.45) is 1.36. The summed E-state index contributed by atoms with van der Waals surface area (Å²) >= 11 is 5.94. The lowest BCUT2D eigenvalue weighted by Crippen LogP contribution is -2.52. The number of benzene rings is 1. The standard InChI is InChI=1S/C12H9ClN2O3/c1-15-11(17)8(10(16)14-12(15)18)6-7-4-2-3-5-9(7)13/h2-6H,1H3,(H,14,16,18). The normalized spacial score (nSPS) is 18.2. The van der Waals surface area contributed by atoms with Gasteiger partial charge in [0.2, 0.25) is 0 Å². The Kier molecular flexibility index (Phi) is 3.16. The second-order valence-electron chi connectivity index (χ2n) is 3.70. The molecule has 6 heteroatoms. The Bertz CT molecular complexity index is 580. The van der Waals surface area contributed by atoms with E-state index in [1.54, 1.807) is 24.3 Å². The number of likely N-dealkylation sites (N-methyl/N-ethyl adjacent to an activating group) is 1. The first-order chi connectivity index (χ1) is 8.50. The number of carbonyl (C=O) groups is 3. The first-order valence-electron chi connectivity index (χ1n) is 5.10. The minimum Gasteiger partial charge on any atom is -0.273 e. The maximum absolute atomic E-state index is 11.8. The van der Waals surface area contributed by atoms with E-state index in [4.69, 9.17) is 11.6 Å². The topological polar surface area (TPSA) is 66.5 Å². The summed E-state index contributed by atoms with van der Waals surface area (Å²) in [5.74, 6) is -1.37. The van der Waals surface area contributed by atoms with Crippen molar-refractivity contribution < 1.29 is 14.4 Å². The molecule has 0 saturated carbocycles. The first-order valence-corrected chi connectivity index (χ1v) is 5.48. The Labute approximate surface area is 108 Å². The van der Waals surface area contributed by atoms with Crippen molar-refractivity contribution in [1.82, 2.24) is 10.2 Å². The Morgan fingerprint density at radius 3 is 2.56 bits per heavy atom. The lowest BCUT2D eigenvalue weighted by atomic mass is 10.1. The zero-order chi connectivity index (χ0) is 13.3. The van der Waals surface area contributed by atoms with Crippen LogP contribution in [0.3, 0.4) is 0 Å². The molecule has 0 aromatic heterocycles. The fourth-order valence-electron chi connectivity index (χ4n) is 1.49. The molecular formula is C12H9ClN2O3. The third kappa shape index (κ3) is 2.12. The number of imide groups is 2. The van der Waals surface area contributed by atoms with Gasteiger partial charge in [0.1, 0.15) is 5.57 Å². The second-order valence-corrected chi connectivity index (χ2v) is 4.11. The predicted octanol–water partition coefficient (Wildman–Crippen LogP) is 1.43. The van der Waals surface area contributed by atoms with E-state index in [0.717, 1.165) is 4.90 Å². The molecule has 1 saturated heterocycles. The van der Waals surface area contributed by atoms with Crippen LogP contribution in [0.2, 0.25) is 5.02 Å². The third-order valence-corrected chi connectivity index (χ3v) is 2.85. The molecule has 2 rings (SSSR count). The van der Waals surface area contributed by atoms with Gasteiger partial charge in [-0.15, -0.1) is 0 Å². The first kappa shape index (κ1) is 12.3. The van der Waals surface area contributed by atoms with E-state index in [1.807, 2.05) is 0 Å². The molecule has 4 amide bonds. The molecule has 0 radical (unpaired) electrons. The van der Waals surface area contributed by atoms with E-state index in [2.05, 4.69) is 5.32 Å². The number of carbonyl (C=O) groups excluding carboxylic acids is 3. The maximum Gasteiger partial charge on any atom is 0.331 e. The summed E-state index contributed by atoms with van der Waals surface area (Å²) in [7, 11) is 1.30. The summed E-state index contributed by atoms with van der Waals surface area (Å²) in [6.45, 7) is 0. The third-order valence-electron chi connectivity index (χ3n) is 2.51. The van der Waals surface area contributed by atoms with Crippen LogP contribution >= 0.6 is 11.6 Å². The van der Waals surface area contributed by atoms with Gasteiger partial charge < -0.3 is 0 Å². The van der Waals surface area contributed by atoms with Gasteiger partial charge in [0.25, 0.3) is 11.8 Å². The van der Waals surface area contributed by atoms with E-state index < -0.39 is 17.8 Å². The van der Waals surface area contributed by atoms with Crippen molar-refractivity contribution >= 4 is 35.5 Å². The van der Waals surface area contributed by atoms with E-state index in [-0.39, 0.29) is 5.57 Å². The van der Waals surface area contributed by atoms with E-state index in [9.17, 15) is 14.4 Å². The quantitative estimate of drug-likeness (QED) is 0.616. The Morgan fingerprint density at radius 2 is 1.89 bits per heavy atom. The molecule has 18 heavy (non-hydrogen) atoms. The van der Waals surface area contributed by atoms with Crippen molar-refractivity contribution in [2.75, 3.05) is 7.05 Å². The number of barbiturate groups is 1. The minimum absolute atomic E-state index is 0.120. The molecule has 1 aliphatic rings. The molecule has 92 valence electrons. The molecule has 1 aromatic rings. The van der Waals surface area contributed by atoms with Gasteiger partial charge in [0.05, 0.1) is 0 Å². The van der Waals surface area contributed by atoms with Crippen LogP contribution in [0, 0.1) is 0 Å². The highest BCUT2D eigenvalue weighted by molar-refractivity contribution is 6.34. The highest BCUT2D eigenvalue weighted by Gasteiger charge is 2.33. The Hall–Kier alpha value is -2.14. The monoisotopic (exact) mass is 264 g/mol. The molecule has 1 N–H and O–H groups in total. The van der Waals surface area contributed by atoms with Crippen LogP contribution in [0.1, 0.15) is 5.56 Å². The SMILES string of the molecule is CN1C(=O)NC(=O)C(=Cc2ccccc2Cl)C1=O. The smallest absolute Gasteiger partial charge is 0.273 e. The fraction of sp³-hybridized carbons (Fsp3) is 0.0833. The number of urea groups is 1. The number of hydrogen-bond donors (Lipinski definition) is 1. The van der Waals surface area contributed by atoms with Gasteiger partial charge in [-0.1, -0.05) is 29.8 Å². The zero-order valence-electron chi connectivity index (χ0n) is 9.44. The van der Waals surface area contributed by atoms with E-state index in [0.29, 0.717) is 10.6 Å². The van der Waals surface area contributed by atoms with Gasteiger partial charge in [-0.3, -0.25) is 19.8 Å². The number of nitrogens with zero attached hydrogens (tertiary/aromatic N) is 1. The molecule has 1 heterocycles. The van der Waals surface area contributed by atoms with Gasteiger partial charge in [0.15, 0.2) is 0 Å². The molecule has 1 aromatic carbocycles. The van der Waals surface area contributed by atoms with Crippen LogP contribution in [-0.4, -0.2) is 29.8 Å². The molecule has 0 spiro atoms. The lowest BCUT2D eigenvalue weighted by Gasteiger charge is -2.22. The summed E-state index contributed by atoms with van der Waals surface area (Å²) in [4.78, 5) is 35.4. The molecule has 1 fully saturated rings. The van der Waals surface area contributed by atoms with Crippen LogP contribution in [0.4, 0.5) is 4.79 Å². The largest absolute Gasteiger partial charge is 0.331 e. The van der Waals surface area contributed by atoms with Crippen LogP contribution in [0.5, 0.6) is 0 Å². The lowest BCUT2D eigenvalue weighted by molar-refractivity contribution is -0.129. The summed E-state index contributed by atoms with van der Waals surface area (Å²) in [5.41, 5.74) is 0.422. The van der Waals surface area contributed by atoms with E-state index in [1.165, 1.54) is 13.1 Å². The van der Waals surface area contributed by atoms with Crippen LogP contribution in [0.15, 0.2) is 29.8 Å². The number of nitrogens with one attached hydrogen (secondary N) is 1. The van der Waals surface area contributed by atoms with Crippen LogP contribution in [-0.2, 0) is 9.59 Å². The number of amides is 4. The van der Waals surface area contributed by atoms with Crippen molar-refractivity contribution in [3.8, 4) is 0 Å². The summed E-state index contributed by atoms with van der Waals surface area (Å²) < 4.78 is 0.